The average Bonchev–Trinajstić information content (AvgIpc) is 3.18. The monoisotopic (exact) mass is 793 g/mol. The first-order valence-corrected chi connectivity index (χ1v) is 24.9. The Balaban J connectivity index is 4.30. The molecule has 6 nitrogen and oxygen atoms in total. The van der Waals surface area contributed by atoms with Gasteiger partial charge in [0.1, 0.15) is 13.2 Å². The minimum absolute atomic E-state index is 0.0631. The molecule has 332 valence electrons. The van der Waals surface area contributed by atoms with E-state index >= 15 is 0 Å². The van der Waals surface area contributed by atoms with Crippen LogP contribution in [0.1, 0.15) is 278 Å². The summed E-state index contributed by atoms with van der Waals surface area (Å²) in [6.45, 7) is 9.00. The van der Waals surface area contributed by atoms with Crippen molar-refractivity contribution in [1.82, 2.24) is 0 Å². The third kappa shape index (κ3) is 43.5. The second kappa shape index (κ2) is 44.5. The average molecular weight is 793 g/mol. The lowest BCUT2D eigenvalue weighted by Gasteiger charge is -2.18. The number of rotatable bonds is 45. The van der Waals surface area contributed by atoms with Crippen LogP contribution in [0.2, 0.25) is 0 Å². The predicted molar refractivity (Wildman–Crippen MR) is 238 cm³/mol. The quantitative estimate of drug-likeness (QED) is 0.0347. The van der Waals surface area contributed by atoms with Crippen molar-refractivity contribution >= 4 is 17.9 Å². The van der Waals surface area contributed by atoms with Gasteiger partial charge in [0.2, 0.25) is 0 Å². The fourth-order valence-corrected chi connectivity index (χ4v) is 7.51. The van der Waals surface area contributed by atoms with Gasteiger partial charge in [0.05, 0.1) is 0 Å². The van der Waals surface area contributed by atoms with E-state index in [1.54, 1.807) is 0 Å². The summed E-state index contributed by atoms with van der Waals surface area (Å²) < 4.78 is 16.8. The Hall–Kier alpha value is -1.59. The van der Waals surface area contributed by atoms with Crippen molar-refractivity contribution in [3.8, 4) is 0 Å². The highest BCUT2D eigenvalue weighted by atomic mass is 16.6. The molecule has 0 spiro atoms. The van der Waals surface area contributed by atoms with E-state index in [1.807, 2.05) is 0 Å². The Kier molecular flexibility index (Phi) is 43.2. The van der Waals surface area contributed by atoms with E-state index in [-0.39, 0.29) is 31.1 Å². The van der Waals surface area contributed by atoms with Crippen LogP contribution in [0.25, 0.3) is 0 Å². The van der Waals surface area contributed by atoms with Gasteiger partial charge in [0.25, 0.3) is 0 Å². The van der Waals surface area contributed by atoms with E-state index in [0.29, 0.717) is 19.3 Å². The van der Waals surface area contributed by atoms with Crippen LogP contribution in [0.15, 0.2) is 0 Å². The van der Waals surface area contributed by atoms with Gasteiger partial charge in [-0.15, -0.1) is 0 Å². The van der Waals surface area contributed by atoms with Gasteiger partial charge in [0.15, 0.2) is 6.10 Å². The van der Waals surface area contributed by atoms with Gasteiger partial charge in [-0.1, -0.05) is 240 Å². The molecule has 0 aliphatic rings. The Bertz CT molecular complexity index is 841. The van der Waals surface area contributed by atoms with Crippen LogP contribution >= 0.6 is 0 Å². The molecule has 0 aliphatic carbocycles. The van der Waals surface area contributed by atoms with Gasteiger partial charge in [0, 0.05) is 19.3 Å². The maximum atomic E-state index is 12.7. The Morgan fingerprint density at radius 1 is 0.339 bits per heavy atom. The number of carbonyl (C=O) groups excluding carboxylic acids is 3. The fourth-order valence-electron chi connectivity index (χ4n) is 7.51. The standard InChI is InChI=1S/C50H96O6/c1-5-7-9-11-13-15-17-18-19-22-26-30-34-38-42-49(52)55-45-47(44-54-48(51)41-37-33-29-25-16-14-12-10-8-6-2)56-50(53)43-39-35-31-27-23-20-21-24-28-32-36-40-46(3)4/h46-47H,5-45H2,1-4H3/t47-/m0/s1. The van der Waals surface area contributed by atoms with Crippen LogP contribution in [0.4, 0.5) is 0 Å². The number of hydrogen-bond donors (Lipinski definition) is 0. The third-order valence-corrected chi connectivity index (χ3v) is 11.3. The summed E-state index contributed by atoms with van der Waals surface area (Å²) in [6.07, 6.45) is 45.1. The van der Waals surface area contributed by atoms with Crippen molar-refractivity contribution in [3.05, 3.63) is 0 Å². The van der Waals surface area contributed by atoms with Crippen molar-refractivity contribution in [2.75, 3.05) is 13.2 Å². The number of hydrogen-bond acceptors (Lipinski definition) is 6. The molecule has 0 amide bonds. The summed E-state index contributed by atoms with van der Waals surface area (Å²) in [5, 5.41) is 0. The van der Waals surface area contributed by atoms with Crippen LogP contribution in [0, 0.1) is 5.92 Å². The third-order valence-electron chi connectivity index (χ3n) is 11.3. The van der Waals surface area contributed by atoms with Gasteiger partial charge in [-0.25, -0.2) is 0 Å². The molecule has 0 N–H and O–H groups in total. The highest BCUT2D eigenvalue weighted by molar-refractivity contribution is 5.71. The molecule has 0 unspecified atom stereocenters. The minimum Gasteiger partial charge on any atom is -0.462 e. The molecular weight excluding hydrogens is 697 g/mol. The molecule has 0 aromatic heterocycles. The van der Waals surface area contributed by atoms with Crippen molar-refractivity contribution in [1.29, 1.82) is 0 Å². The Labute approximate surface area is 348 Å². The zero-order valence-corrected chi connectivity index (χ0v) is 38.1. The molecule has 0 aliphatic heterocycles. The summed E-state index contributed by atoms with van der Waals surface area (Å²) >= 11 is 0. The lowest BCUT2D eigenvalue weighted by atomic mass is 10.0. The van der Waals surface area contributed by atoms with Gasteiger partial charge < -0.3 is 14.2 Å². The molecule has 0 saturated heterocycles. The number of carbonyl (C=O) groups is 3. The van der Waals surface area contributed by atoms with E-state index < -0.39 is 6.10 Å². The maximum Gasteiger partial charge on any atom is 0.306 e. The second-order valence-electron chi connectivity index (χ2n) is 17.6. The Morgan fingerprint density at radius 2 is 0.589 bits per heavy atom. The molecule has 0 aromatic rings. The highest BCUT2D eigenvalue weighted by Gasteiger charge is 2.19. The first-order chi connectivity index (χ1) is 27.4. The van der Waals surface area contributed by atoms with E-state index in [9.17, 15) is 14.4 Å². The summed E-state index contributed by atoms with van der Waals surface area (Å²) in [4.78, 5) is 37.8. The molecule has 0 saturated carbocycles. The topological polar surface area (TPSA) is 78.9 Å². The minimum atomic E-state index is -0.759. The molecule has 6 heteroatoms. The molecule has 0 fully saturated rings. The van der Waals surface area contributed by atoms with Crippen molar-refractivity contribution in [3.63, 3.8) is 0 Å². The van der Waals surface area contributed by atoms with E-state index in [1.165, 1.54) is 173 Å². The van der Waals surface area contributed by atoms with Crippen molar-refractivity contribution < 1.29 is 28.6 Å². The molecule has 0 bridgehead atoms. The predicted octanol–water partition coefficient (Wildman–Crippen LogP) is 15.9. The molecule has 0 radical (unpaired) electrons. The molecule has 0 heterocycles. The molecule has 1 atom stereocenters. The first-order valence-electron chi connectivity index (χ1n) is 24.9. The van der Waals surface area contributed by atoms with Crippen LogP contribution in [-0.4, -0.2) is 37.2 Å². The zero-order valence-electron chi connectivity index (χ0n) is 38.1. The van der Waals surface area contributed by atoms with E-state index in [4.69, 9.17) is 14.2 Å². The number of unbranched alkanes of at least 4 members (excludes halogenated alkanes) is 32. The van der Waals surface area contributed by atoms with Crippen molar-refractivity contribution in [2.45, 2.75) is 284 Å². The Morgan fingerprint density at radius 3 is 0.875 bits per heavy atom. The molecule has 0 rings (SSSR count). The van der Waals surface area contributed by atoms with Crippen LogP contribution < -0.4 is 0 Å². The van der Waals surface area contributed by atoms with Crippen molar-refractivity contribution in [2.24, 2.45) is 5.92 Å². The van der Waals surface area contributed by atoms with Gasteiger partial charge in [-0.05, 0) is 25.2 Å². The van der Waals surface area contributed by atoms with Crippen LogP contribution in [0.3, 0.4) is 0 Å². The summed E-state index contributed by atoms with van der Waals surface area (Å²) in [7, 11) is 0. The highest BCUT2D eigenvalue weighted by Crippen LogP contribution is 2.17. The molecule has 0 aromatic carbocycles. The summed E-state index contributed by atoms with van der Waals surface area (Å²) in [6, 6.07) is 0. The van der Waals surface area contributed by atoms with E-state index in [0.717, 1.165) is 63.7 Å². The number of esters is 3. The summed E-state index contributed by atoms with van der Waals surface area (Å²) in [5.74, 6) is -0.0236. The zero-order chi connectivity index (χ0) is 41.0. The smallest absolute Gasteiger partial charge is 0.306 e. The molecular formula is C50H96O6. The lowest BCUT2D eigenvalue weighted by molar-refractivity contribution is -0.167. The van der Waals surface area contributed by atoms with E-state index in [2.05, 4.69) is 27.7 Å². The lowest BCUT2D eigenvalue weighted by Crippen LogP contribution is -2.30. The molecule has 56 heavy (non-hydrogen) atoms. The normalized spacial score (nSPS) is 11.9. The number of ether oxygens (including phenoxy) is 3. The summed E-state index contributed by atoms with van der Waals surface area (Å²) in [5.41, 5.74) is 0. The van der Waals surface area contributed by atoms with Gasteiger partial charge in [-0.2, -0.15) is 0 Å². The van der Waals surface area contributed by atoms with Gasteiger partial charge >= 0.3 is 17.9 Å². The van der Waals surface area contributed by atoms with Gasteiger partial charge in [-0.3, -0.25) is 14.4 Å². The maximum absolute atomic E-state index is 12.7. The first kappa shape index (κ1) is 54.4. The largest absolute Gasteiger partial charge is 0.462 e. The fraction of sp³-hybridized carbons (Fsp3) is 0.940. The SMILES string of the molecule is CCCCCCCCCCCCCCCCC(=O)OC[C@H](COC(=O)CCCCCCCCCCCC)OC(=O)CCCCCCCCCCCCCC(C)C. The second-order valence-corrected chi connectivity index (χ2v) is 17.6. The van der Waals surface area contributed by atoms with Crippen LogP contribution in [-0.2, 0) is 28.6 Å². The van der Waals surface area contributed by atoms with Crippen LogP contribution in [0.5, 0.6) is 0 Å².